The van der Waals surface area contributed by atoms with Gasteiger partial charge in [-0.05, 0) is 42.4 Å². The van der Waals surface area contributed by atoms with Gasteiger partial charge in [0.25, 0.3) is 0 Å². The summed E-state index contributed by atoms with van der Waals surface area (Å²) in [4.78, 5) is 13.0. The summed E-state index contributed by atoms with van der Waals surface area (Å²) in [6, 6.07) is 7.82. The molecule has 0 aliphatic rings. The van der Waals surface area contributed by atoms with Gasteiger partial charge < -0.3 is 9.47 Å². The smallest absolute Gasteiger partial charge is 0.321 e. The molecular formula is C12H12ClN3O2S. The fourth-order valence-corrected chi connectivity index (χ4v) is 2.41. The van der Waals surface area contributed by atoms with E-state index in [9.17, 15) is 0 Å². The van der Waals surface area contributed by atoms with Gasteiger partial charge in [0.1, 0.15) is 5.75 Å². The van der Waals surface area contributed by atoms with Gasteiger partial charge in [0.15, 0.2) is 5.16 Å². The summed E-state index contributed by atoms with van der Waals surface area (Å²) < 4.78 is 10.5. The van der Waals surface area contributed by atoms with Crippen LogP contribution in [0.25, 0.3) is 0 Å². The first-order valence-corrected chi connectivity index (χ1v) is 6.77. The molecule has 7 heteroatoms. The molecule has 19 heavy (non-hydrogen) atoms. The molecule has 0 unspecified atom stereocenters. The number of aromatic nitrogens is 3. The van der Waals surface area contributed by atoms with Crippen LogP contribution in [0.2, 0.25) is 5.28 Å². The number of rotatable bonds is 5. The second kappa shape index (κ2) is 6.58. The van der Waals surface area contributed by atoms with Crippen LogP contribution in [0.4, 0.5) is 0 Å². The van der Waals surface area contributed by atoms with E-state index < -0.39 is 0 Å². The molecule has 0 atom stereocenters. The van der Waals surface area contributed by atoms with E-state index >= 15 is 0 Å². The first kappa shape index (κ1) is 13.9. The van der Waals surface area contributed by atoms with Crippen LogP contribution in [0.5, 0.6) is 11.8 Å². The van der Waals surface area contributed by atoms with E-state index in [4.69, 9.17) is 21.1 Å². The van der Waals surface area contributed by atoms with Gasteiger partial charge in [0.05, 0.1) is 18.6 Å². The Hall–Kier alpha value is -1.53. The van der Waals surface area contributed by atoms with Crippen LogP contribution in [0, 0.1) is 0 Å². The lowest BCUT2D eigenvalue weighted by molar-refractivity contribution is 0.307. The minimum absolute atomic E-state index is 0.107. The van der Waals surface area contributed by atoms with Crippen molar-refractivity contribution in [3.8, 4) is 11.8 Å². The van der Waals surface area contributed by atoms with E-state index in [1.807, 2.05) is 31.2 Å². The monoisotopic (exact) mass is 297 g/mol. The zero-order valence-electron chi connectivity index (χ0n) is 10.5. The fraction of sp³-hybridized carbons (Fsp3) is 0.250. The number of benzene rings is 1. The van der Waals surface area contributed by atoms with Crippen molar-refractivity contribution in [3.05, 3.63) is 29.5 Å². The summed E-state index contributed by atoms with van der Waals surface area (Å²) >= 11 is 7.18. The molecular weight excluding hydrogens is 286 g/mol. The quantitative estimate of drug-likeness (QED) is 0.845. The summed E-state index contributed by atoms with van der Waals surface area (Å²) in [6.07, 6.45) is 0. The van der Waals surface area contributed by atoms with Crippen LogP contribution in [0.15, 0.2) is 34.3 Å². The maximum absolute atomic E-state index is 5.84. The average molecular weight is 298 g/mol. The number of hydrogen-bond acceptors (Lipinski definition) is 6. The first-order valence-electron chi connectivity index (χ1n) is 5.58. The van der Waals surface area contributed by atoms with Crippen molar-refractivity contribution in [2.45, 2.75) is 17.0 Å². The van der Waals surface area contributed by atoms with Gasteiger partial charge in [0.2, 0.25) is 5.28 Å². The summed E-state index contributed by atoms with van der Waals surface area (Å²) in [5.41, 5.74) is 0. The Morgan fingerprint density at radius 2 is 2.00 bits per heavy atom. The van der Waals surface area contributed by atoms with E-state index in [-0.39, 0.29) is 11.3 Å². The number of methoxy groups -OCH3 is 1. The molecule has 0 radical (unpaired) electrons. The van der Waals surface area contributed by atoms with Crippen LogP contribution in [-0.2, 0) is 0 Å². The predicted molar refractivity (Wildman–Crippen MR) is 73.1 cm³/mol. The fourth-order valence-electron chi connectivity index (χ4n) is 1.36. The van der Waals surface area contributed by atoms with Gasteiger partial charge in [-0.3, -0.25) is 0 Å². The molecule has 0 bridgehead atoms. The molecule has 0 saturated carbocycles. The third-order valence-corrected chi connectivity index (χ3v) is 3.20. The lowest BCUT2D eigenvalue weighted by Gasteiger charge is -2.07. The third-order valence-electron chi connectivity index (χ3n) is 2.11. The van der Waals surface area contributed by atoms with Crippen molar-refractivity contribution in [3.63, 3.8) is 0 Å². The van der Waals surface area contributed by atoms with E-state index in [0.717, 1.165) is 10.6 Å². The second-order valence-electron chi connectivity index (χ2n) is 3.36. The number of halogens is 1. The Morgan fingerprint density at radius 3 is 2.74 bits per heavy atom. The summed E-state index contributed by atoms with van der Waals surface area (Å²) in [6.45, 7) is 2.32. The maximum Gasteiger partial charge on any atom is 0.321 e. The Labute approximate surface area is 120 Å². The molecule has 0 fully saturated rings. The van der Waals surface area contributed by atoms with Crippen molar-refractivity contribution >= 4 is 23.4 Å². The van der Waals surface area contributed by atoms with Crippen molar-refractivity contribution in [2.75, 3.05) is 13.7 Å². The van der Waals surface area contributed by atoms with Crippen molar-refractivity contribution < 1.29 is 9.47 Å². The molecule has 5 nitrogen and oxygen atoms in total. The highest BCUT2D eigenvalue weighted by atomic mass is 35.5. The number of ether oxygens (including phenoxy) is 2. The summed E-state index contributed by atoms with van der Waals surface area (Å²) in [5.74, 6) is 0.752. The predicted octanol–water partition coefficient (Wildman–Crippen LogP) is 3.08. The molecule has 1 aromatic carbocycles. The maximum atomic E-state index is 5.84. The van der Waals surface area contributed by atoms with E-state index in [1.54, 1.807) is 7.11 Å². The van der Waals surface area contributed by atoms with Gasteiger partial charge in [-0.15, -0.1) is 0 Å². The number of para-hydroxylation sites is 1. The largest absolute Gasteiger partial charge is 0.496 e. The van der Waals surface area contributed by atoms with Crippen molar-refractivity contribution in [2.24, 2.45) is 0 Å². The minimum Gasteiger partial charge on any atom is -0.496 e. The molecule has 1 aromatic heterocycles. The Morgan fingerprint density at radius 1 is 1.21 bits per heavy atom. The average Bonchev–Trinajstić information content (AvgIpc) is 2.39. The van der Waals surface area contributed by atoms with Crippen LogP contribution >= 0.6 is 23.4 Å². The van der Waals surface area contributed by atoms with Gasteiger partial charge in [-0.25, -0.2) is 0 Å². The van der Waals surface area contributed by atoms with Gasteiger partial charge in [0, 0.05) is 0 Å². The van der Waals surface area contributed by atoms with E-state index in [2.05, 4.69) is 15.0 Å². The van der Waals surface area contributed by atoms with Crippen LogP contribution < -0.4 is 9.47 Å². The standard InChI is InChI=1S/C12H12ClN3O2S/c1-3-18-11-14-10(13)15-12(16-11)19-9-7-5-4-6-8(9)17-2/h4-7H,3H2,1-2H3. The molecule has 100 valence electrons. The Bertz CT molecular complexity index is 568. The molecule has 0 saturated heterocycles. The van der Waals surface area contributed by atoms with Crippen LogP contribution in [0.1, 0.15) is 6.92 Å². The molecule has 2 rings (SSSR count). The summed E-state index contributed by atoms with van der Waals surface area (Å²) in [7, 11) is 1.62. The molecule has 2 aromatic rings. The normalized spacial score (nSPS) is 10.3. The van der Waals surface area contributed by atoms with Gasteiger partial charge in [-0.1, -0.05) is 12.1 Å². The number of nitrogens with zero attached hydrogens (tertiary/aromatic N) is 3. The van der Waals surface area contributed by atoms with Crippen molar-refractivity contribution in [1.29, 1.82) is 0 Å². The zero-order chi connectivity index (χ0) is 13.7. The third kappa shape index (κ3) is 3.71. The Kier molecular flexibility index (Phi) is 4.81. The highest BCUT2D eigenvalue weighted by Gasteiger charge is 2.10. The van der Waals surface area contributed by atoms with Crippen LogP contribution in [0.3, 0.4) is 0 Å². The molecule has 1 heterocycles. The molecule has 0 N–H and O–H groups in total. The minimum atomic E-state index is 0.107. The molecule has 0 aliphatic heterocycles. The lowest BCUT2D eigenvalue weighted by Crippen LogP contribution is -2.00. The van der Waals surface area contributed by atoms with Crippen LogP contribution in [-0.4, -0.2) is 28.7 Å². The highest BCUT2D eigenvalue weighted by molar-refractivity contribution is 7.99. The van der Waals surface area contributed by atoms with Gasteiger partial charge in [-0.2, -0.15) is 15.0 Å². The second-order valence-corrected chi connectivity index (χ2v) is 4.70. The summed E-state index contributed by atoms with van der Waals surface area (Å²) in [5, 5.41) is 0.573. The van der Waals surface area contributed by atoms with E-state index in [0.29, 0.717) is 11.8 Å². The number of hydrogen-bond donors (Lipinski definition) is 0. The zero-order valence-corrected chi connectivity index (χ0v) is 12.0. The Balaban J connectivity index is 2.27. The topological polar surface area (TPSA) is 57.1 Å². The first-order chi connectivity index (χ1) is 9.22. The van der Waals surface area contributed by atoms with E-state index in [1.165, 1.54) is 11.8 Å². The molecule has 0 aliphatic carbocycles. The molecule has 0 spiro atoms. The lowest BCUT2D eigenvalue weighted by atomic mass is 10.3. The highest BCUT2D eigenvalue weighted by Crippen LogP contribution is 2.33. The SMILES string of the molecule is CCOc1nc(Cl)nc(Sc2ccccc2OC)n1. The molecule has 0 amide bonds. The van der Waals surface area contributed by atoms with Gasteiger partial charge >= 0.3 is 6.01 Å². The van der Waals surface area contributed by atoms with Crippen molar-refractivity contribution in [1.82, 2.24) is 15.0 Å².